The number of rotatable bonds is 6. The van der Waals surface area contributed by atoms with Gasteiger partial charge in [0.15, 0.2) is 0 Å². The van der Waals surface area contributed by atoms with Gasteiger partial charge in [0.1, 0.15) is 24.2 Å². The van der Waals surface area contributed by atoms with Crippen molar-refractivity contribution in [3.63, 3.8) is 0 Å². The van der Waals surface area contributed by atoms with Crippen LogP contribution in [0.1, 0.15) is 23.0 Å². The van der Waals surface area contributed by atoms with Crippen molar-refractivity contribution < 1.29 is 19.0 Å². The van der Waals surface area contributed by atoms with Crippen LogP contribution in [0, 0.1) is 6.92 Å². The summed E-state index contributed by atoms with van der Waals surface area (Å²) in [6.07, 6.45) is 0.808. The van der Waals surface area contributed by atoms with Gasteiger partial charge in [-0.1, -0.05) is 18.2 Å². The van der Waals surface area contributed by atoms with Crippen molar-refractivity contribution in [2.75, 3.05) is 20.3 Å². The number of furan rings is 1. The minimum Gasteiger partial charge on any atom is -0.491 e. The van der Waals surface area contributed by atoms with Crippen molar-refractivity contribution in [2.24, 2.45) is 0 Å². The minimum atomic E-state index is -0.754. The van der Waals surface area contributed by atoms with Crippen molar-refractivity contribution in [3.05, 3.63) is 53.5 Å². The molecule has 2 rings (SSSR count). The highest BCUT2D eigenvalue weighted by Gasteiger charge is 2.17. The van der Waals surface area contributed by atoms with E-state index >= 15 is 0 Å². The number of hydrogen-bond donors (Lipinski definition) is 1. The van der Waals surface area contributed by atoms with E-state index in [1.54, 1.807) is 13.4 Å². The average molecular weight is 262 g/mol. The molecule has 0 saturated heterocycles. The summed E-state index contributed by atoms with van der Waals surface area (Å²) < 4.78 is 15.8. The minimum absolute atomic E-state index is 0.449. The number of ether oxygens (including phenoxy) is 2. The molecule has 1 atom stereocenters. The van der Waals surface area contributed by atoms with Gasteiger partial charge in [0.2, 0.25) is 0 Å². The molecule has 0 bridgehead atoms. The lowest BCUT2D eigenvalue weighted by atomic mass is 10.0. The molecule has 4 heteroatoms. The predicted octanol–water partition coefficient (Wildman–Crippen LogP) is 2.69. The molecule has 0 saturated carbocycles. The maximum absolute atomic E-state index is 10.4. The Balaban J connectivity index is 2.18. The molecule has 0 spiro atoms. The van der Waals surface area contributed by atoms with Crippen molar-refractivity contribution in [1.29, 1.82) is 0 Å². The van der Waals surface area contributed by atoms with Crippen LogP contribution in [0.2, 0.25) is 0 Å². The summed E-state index contributed by atoms with van der Waals surface area (Å²) in [5, 5.41) is 10.4. The molecule has 1 aromatic carbocycles. The van der Waals surface area contributed by atoms with Gasteiger partial charge in [0.25, 0.3) is 0 Å². The van der Waals surface area contributed by atoms with Gasteiger partial charge in [0, 0.05) is 18.2 Å². The van der Waals surface area contributed by atoms with E-state index in [1.807, 2.05) is 37.3 Å². The average Bonchev–Trinajstić information content (AvgIpc) is 2.85. The maximum Gasteiger partial charge on any atom is 0.125 e. The molecule has 2 aromatic rings. The Morgan fingerprint density at radius 1 is 1.26 bits per heavy atom. The van der Waals surface area contributed by atoms with Gasteiger partial charge >= 0.3 is 0 Å². The number of hydrogen-bond acceptors (Lipinski definition) is 4. The van der Waals surface area contributed by atoms with Gasteiger partial charge in [-0.3, -0.25) is 0 Å². The second-order valence-corrected chi connectivity index (χ2v) is 4.27. The van der Waals surface area contributed by atoms with Crippen LogP contribution in [-0.4, -0.2) is 25.4 Å². The number of para-hydroxylation sites is 1. The molecular weight excluding hydrogens is 244 g/mol. The van der Waals surface area contributed by atoms with E-state index < -0.39 is 6.10 Å². The first kappa shape index (κ1) is 13.6. The Labute approximate surface area is 112 Å². The number of methoxy groups -OCH3 is 1. The molecule has 1 N–H and O–H groups in total. The van der Waals surface area contributed by atoms with Crippen molar-refractivity contribution in [3.8, 4) is 5.75 Å². The quantitative estimate of drug-likeness (QED) is 0.813. The highest BCUT2D eigenvalue weighted by atomic mass is 16.5. The maximum atomic E-state index is 10.4. The number of benzene rings is 1. The largest absolute Gasteiger partial charge is 0.491 e. The first-order chi connectivity index (χ1) is 9.22. The second-order valence-electron chi connectivity index (χ2n) is 4.27. The van der Waals surface area contributed by atoms with Crippen molar-refractivity contribution in [2.45, 2.75) is 13.0 Å². The topological polar surface area (TPSA) is 51.8 Å². The van der Waals surface area contributed by atoms with Gasteiger partial charge in [-0.2, -0.15) is 0 Å². The smallest absolute Gasteiger partial charge is 0.125 e. The number of aryl methyl sites for hydroxylation is 1. The Morgan fingerprint density at radius 2 is 2.05 bits per heavy atom. The van der Waals surface area contributed by atoms with Crippen LogP contribution >= 0.6 is 0 Å². The van der Waals surface area contributed by atoms with E-state index in [4.69, 9.17) is 13.9 Å². The zero-order valence-electron chi connectivity index (χ0n) is 11.1. The molecule has 4 nitrogen and oxygen atoms in total. The third-order valence-corrected chi connectivity index (χ3v) is 2.83. The van der Waals surface area contributed by atoms with E-state index in [9.17, 15) is 5.11 Å². The Kier molecular flexibility index (Phi) is 4.60. The van der Waals surface area contributed by atoms with Crippen LogP contribution in [0.15, 0.2) is 41.0 Å². The summed E-state index contributed by atoms with van der Waals surface area (Å²) in [5.41, 5.74) is 1.44. The zero-order valence-corrected chi connectivity index (χ0v) is 11.1. The molecule has 0 aliphatic carbocycles. The molecule has 0 aliphatic heterocycles. The summed E-state index contributed by atoms with van der Waals surface area (Å²) in [4.78, 5) is 0. The van der Waals surface area contributed by atoms with E-state index in [1.165, 1.54) is 0 Å². The van der Waals surface area contributed by atoms with E-state index in [2.05, 4.69) is 0 Å². The molecule has 1 unspecified atom stereocenters. The zero-order chi connectivity index (χ0) is 13.7. The summed E-state index contributed by atoms with van der Waals surface area (Å²) in [7, 11) is 1.62. The lowest BCUT2D eigenvalue weighted by Crippen LogP contribution is -2.08. The highest BCUT2D eigenvalue weighted by Crippen LogP contribution is 2.30. The van der Waals surface area contributed by atoms with Crippen molar-refractivity contribution in [1.82, 2.24) is 0 Å². The monoisotopic (exact) mass is 262 g/mol. The van der Waals surface area contributed by atoms with Gasteiger partial charge in [-0.25, -0.2) is 0 Å². The van der Waals surface area contributed by atoms with Gasteiger partial charge < -0.3 is 19.0 Å². The molecule has 0 amide bonds. The number of aliphatic hydroxyl groups is 1. The Hall–Kier alpha value is -1.78. The van der Waals surface area contributed by atoms with Gasteiger partial charge in [-0.05, 0) is 19.1 Å². The lowest BCUT2D eigenvalue weighted by molar-refractivity contribution is 0.142. The predicted molar refractivity (Wildman–Crippen MR) is 71.3 cm³/mol. The lowest BCUT2D eigenvalue weighted by Gasteiger charge is -2.15. The van der Waals surface area contributed by atoms with E-state index in [0.29, 0.717) is 19.0 Å². The molecule has 1 heterocycles. The fourth-order valence-electron chi connectivity index (χ4n) is 1.86. The SMILES string of the molecule is COCCOc1ccccc1C(O)c1coc(C)c1. The molecule has 19 heavy (non-hydrogen) atoms. The molecule has 102 valence electrons. The molecule has 1 aromatic heterocycles. The third kappa shape index (κ3) is 3.36. The molecular formula is C15H18O4. The van der Waals surface area contributed by atoms with E-state index in [-0.39, 0.29) is 0 Å². The van der Waals surface area contributed by atoms with E-state index in [0.717, 1.165) is 16.9 Å². The number of aliphatic hydroxyl groups excluding tert-OH is 1. The van der Waals surface area contributed by atoms with Crippen LogP contribution in [0.4, 0.5) is 0 Å². The van der Waals surface area contributed by atoms with Gasteiger partial charge in [0.05, 0.1) is 12.9 Å². The van der Waals surface area contributed by atoms with Crippen molar-refractivity contribution >= 4 is 0 Å². The second kappa shape index (κ2) is 6.41. The summed E-state index contributed by atoms with van der Waals surface area (Å²) in [5.74, 6) is 1.43. The van der Waals surface area contributed by atoms with Gasteiger partial charge in [-0.15, -0.1) is 0 Å². The third-order valence-electron chi connectivity index (χ3n) is 2.83. The first-order valence-corrected chi connectivity index (χ1v) is 6.16. The molecule has 0 aliphatic rings. The van der Waals surface area contributed by atoms with Crippen LogP contribution in [-0.2, 0) is 4.74 Å². The van der Waals surface area contributed by atoms with Crippen LogP contribution in [0.25, 0.3) is 0 Å². The first-order valence-electron chi connectivity index (χ1n) is 6.16. The fourth-order valence-corrected chi connectivity index (χ4v) is 1.86. The van der Waals surface area contributed by atoms with Crippen LogP contribution < -0.4 is 4.74 Å². The fraction of sp³-hybridized carbons (Fsp3) is 0.333. The summed E-state index contributed by atoms with van der Waals surface area (Å²) in [6.45, 7) is 2.80. The van der Waals surface area contributed by atoms with Crippen LogP contribution in [0.3, 0.4) is 0 Å². The highest BCUT2D eigenvalue weighted by molar-refractivity contribution is 5.39. The summed E-state index contributed by atoms with van der Waals surface area (Å²) >= 11 is 0. The Morgan fingerprint density at radius 3 is 2.74 bits per heavy atom. The molecule has 0 radical (unpaired) electrons. The Bertz CT molecular complexity index is 518. The summed E-state index contributed by atoms with van der Waals surface area (Å²) in [6, 6.07) is 9.24. The molecule has 0 fully saturated rings. The standard InChI is InChI=1S/C15H18O4/c1-11-9-12(10-19-11)15(16)13-5-3-4-6-14(13)18-8-7-17-2/h3-6,9-10,15-16H,7-8H2,1-2H3. The van der Waals surface area contributed by atoms with Crippen LogP contribution in [0.5, 0.6) is 5.75 Å². The normalized spacial score (nSPS) is 12.4.